The number of nitrogens with zero attached hydrogens (tertiary/aromatic N) is 2. The molecule has 0 spiro atoms. The zero-order valence-electron chi connectivity index (χ0n) is 12.7. The van der Waals surface area contributed by atoms with Crippen LogP contribution in [0.2, 0.25) is 0 Å². The molecule has 1 aliphatic heterocycles. The largest absolute Gasteiger partial charge is 0.289 e. The third-order valence-corrected chi connectivity index (χ3v) is 5.22. The van der Waals surface area contributed by atoms with Crippen LogP contribution < -0.4 is 0 Å². The lowest BCUT2D eigenvalue weighted by atomic mass is 9.68. The highest BCUT2D eigenvalue weighted by Crippen LogP contribution is 2.45. The maximum Gasteiger partial charge on any atom is 0.195 e. The van der Waals surface area contributed by atoms with Gasteiger partial charge in [-0.3, -0.25) is 9.79 Å². The monoisotopic (exact) mass is 363 g/mol. The number of fused-ring (bicyclic) bond motifs is 3. The molecule has 1 heterocycles. The van der Waals surface area contributed by atoms with Gasteiger partial charge >= 0.3 is 0 Å². The minimum atomic E-state index is -0.388. The standard InChI is InChI=1S/C19H12BrN2O/c1-19(2)14-6-3-10(9-21)7-13(14)17(23)16-12-5-4-11(20)8-15(12)22-18(16)19/h4,6-8H,5H2,1-2H3. The first-order valence-electron chi connectivity index (χ1n) is 7.35. The number of benzene rings is 1. The van der Waals surface area contributed by atoms with Crippen molar-refractivity contribution < 1.29 is 4.79 Å². The molecule has 3 nitrogen and oxygen atoms in total. The number of carbonyl (C=O) groups is 1. The quantitative estimate of drug-likeness (QED) is 0.695. The van der Waals surface area contributed by atoms with Crippen LogP contribution in [0.25, 0.3) is 0 Å². The minimum absolute atomic E-state index is 0.0339. The van der Waals surface area contributed by atoms with Crippen LogP contribution in [0, 0.1) is 17.4 Å². The van der Waals surface area contributed by atoms with Gasteiger partial charge < -0.3 is 0 Å². The summed E-state index contributed by atoms with van der Waals surface area (Å²) in [5.74, 6) is -0.0339. The van der Waals surface area contributed by atoms with E-state index in [9.17, 15) is 4.79 Å². The van der Waals surface area contributed by atoms with E-state index in [1.165, 1.54) is 0 Å². The van der Waals surface area contributed by atoms with Gasteiger partial charge in [0.2, 0.25) is 0 Å². The van der Waals surface area contributed by atoms with Crippen LogP contribution in [0.1, 0.15) is 41.8 Å². The van der Waals surface area contributed by atoms with E-state index in [-0.39, 0.29) is 11.2 Å². The Morgan fingerprint density at radius 2 is 2.22 bits per heavy atom. The number of ketones is 1. The van der Waals surface area contributed by atoms with E-state index >= 15 is 0 Å². The molecule has 0 fully saturated rings. The number of aliphatic imine (C=N–C) groups is 1. The number of halogens is 1. The number of carbonyl (C=O) groups excluding carboxylic acids is 1. The molecule has 3 aliphatic rings. The topological polar surface area (TPSA) is 53.2 Å². The van der Waals surface area contributed by atoms with Gasteiger partial charge in [-0.05, 0) is 35.8 Å². The van der Waals surface area contributed by atoms with E-state index in [0.29, 0.717) is 23.1 Å². The highest BCUT2D eigenvalue weighted by Gasteiger charge is 2.45. The fourth-order valence-electron chi connectivity index (χ4n) is 3.45. The summed E-state index contributed by atoms with van der Waals surface area (Å²) in [6, 6.07) is 8.44. The molecule has 1 aromatic carbocycles. The third-order valence-electron chi connectivity index (χ3n) is 4.66. The van der Waals surface area contributed by atoms with Gasteiger partial charge in [-0.15, -0.1) is 0 Å². The molecule has 0 atom stereocenters. The predicted molar refractivity (Wildman–Crippen MR) is 91.5 cm³/mol. The van der Waals surface area contributed by atoms with Gasteiger partial charge in [0.25, 0.3) is 0 Å². The first-order chi connectivity index (χ1) is 10.9. The van der Waals surface area contributed by atoms with Crippen molar-refractivity contribution in [1.82, 2.24) is 0 Å². The first-order valence-corrected chi connectivity index (χ1v) is 8.14. The van der Waals surface area contributed by atoms with Gasteiger partial charge in [-0.25, -0.2) is 0 Å². The Morgan fingerprint density at radius 3 is 2.96 bits per heavy atom. The average molecular weight is 364 g/mol. The lowest BCUT2D eigenvalue weighted by Crippen LogP contribution is -2.38. The second-order valence-electron chi connectivity index (χ2n) is 6.38. The second-order valence-corrected chi connectivity index (χ2v) is 7.29. The first kappa shape index (κ1) is 14.3. The van der Waals surface area contributed by atoms with E-state index in [0.717, 1.165) is 27.0 Å². The van der Waals surface area contributed by atoms with Gasteiger partial charge in [-0.1, -0.05) is 35.9 Å². The van der Waals surface area contributed by atoms with Crippen LogP contribution in [-0.2, 0) is 5.41 Å². The lowest BCUT2D eigenvalue weighted by molar-refractivity contribution is 0.103. The van der Waals surface area contributed by atoms with E-state index in [4.69, 9.17) is 10.3 Å². The Kier molecular flexibility index (Phi) is 2.88. The fourth-order valence-corrected chi connectivity index (χ4v) is 3.83. The Morgan fingerprint density at radius 1 is 1.43 bits per heavy atom. The third kappa shape index (κ3) is 1.87. The molecule has 4 heteroatoms. The van der Waals surface area contributed by atoms with Crippen molar-refractivity contribution in [1.29, 1.82) is 5.26 Å². The predicted octanol–water partition coefficient (Wildman–Crippen LogP) is 4.15. The number of allylic oxidation sites excluding steroid dienone is 5. The number of Topliss-reactive ketones (excluding diaryl/α,β-unsaturated/α-hetero) is 1. The maximum atomic E-state index is 13.1. The van der Waals surface area contributed by atoms with Crippen LogP contribution in [0.3, 0.4) is 0 Å². The molecule has 0 N–H and O–H groups in total. The van der Waals surface area contributed by atoms with Crippen molar-refractivity contribution in [3.8, 4) is 6.07 Å². The molecule has 111 valence electrons. The SMILES string of the molecule is CC1(C)C2=NC3=CC(Br)=CCC3=C2C(=O)c2cc(C#N)[c]cc21. The van der Waals surface area contributed by atoms with Gasteiger partial charge in [0.15, 0.2) is 5.78 Å². The molecule has 0 unspecified atom stereocenters. The summed E-state index contributed by atoms with van der Waals surface area (Å²) in [7, 11) is 0. The van der Waals surface area contributed by atoms with Gasteiger partial charge in [0.1, 0.15) is 0 Å². The second kappa shape index (κ2) is 4.62. The maximum absolute atomic E-state index is 13.1. The van der Waals surface area contributed by atoms with E-state index in [1.54, 1.807) is 12.1 Å². The van der Waals surface area contributed by atoms with Crippen LogP contribution in [0.4, 0.5) is 0 Å². The summed E-state index contributed by atoms with van der Waals surface area (Å²) >= 11 is 3.48. The van der Waals surface area contributed by atoms with E-state index in [2.05, 4.69) is 41.9 Å². The summed E-state index contributed by atoms with van der Waals surface area (Å²) in [6.45, 7) is 4.13. The summed E-state index contributed by atoms with van der Waals surface area (Å²) < 4.78 is 0.989. The summed E-state index contributed by atoms with van der Waals surface area (Å²) in [5, 5.41) is 9.11. The Hall–Kier alpha value is -2.25. The van der Waals surface area contributed by atoms with Crippen molar-refractivity contribution in [3.63, 3.8) is 0 Å². The molecule has 0 aromatic heterocycles. The summed E-state index contributed by atoms with van der Waals surface area (Å²) in [4.78, 5) is 17.8. The molecule has 1 aromatic rings. The molecular weight excluding hydrogens is 352 g/mol. The van der Waals surface area contributed by atoms with E-state index in [1.807, 2.05) is 12.2 Å². The fraction of sp³-hybridized carbons (Fsp3) is 0.211. The van der Waals surface area contributed by atoms with Gasteiger partial charge in [0, 0.05) is 21.5 Å². The van der Waals surface area contributed by atoms with Crippen LogP contribution >= 0.6 is 15.9 Å². The van der Waals surface area contributed by atoms with Crippen molar-refractivity contribution >= 4 is 27.4 Å². The number of rotatable bonds is 0. The van der Waals surface area contributed by atoms with Crippen molar-refractivity contribution in [3.05, 3.63) is 68.4 Å². The van der Waals surface area contributed by atoms with Gasteiger partial charge in [0.05, 0.1) is 28.6 Å². The van der Waals surface area contributed by atoms with E-state index < -0.39 is 0 Å². The molecule has 2 aliphatic carbocycles. The van der Waals surface area contributed by atoms with Crippen molar-refractivity contribution in [2.75, 3.05) is 0 Å². The van der Waals surface area contributed by atoms with Gasteiger partial charge in [-0.2, -0.15) is 5.26 Å². The molecule has 0 saturated carbocycles. The Balaban J connectivity index is 2.02. The Bertz CT molecular complexity index is 952. The zero-order valence-corrected chi connectivity index (χ0v) is 14.3. The Labute approximate surface area is 142 Å². The molecule has 4 rings (SSSR count). The molecular formula is C19H12BrN2O. The van der Waals surface area contributed by atoms with Crippen LogP contribution in [0.15, 0.2) is 50.6 Å². The normalized spacial score (nSPS) is 20.8. The molecule has 0 saturated heterocycles. The lowest BCUT2D eigenvalue weighted by Gasteiger charge is -2.33. The smallest absolute Gasteiger partial charge is 0.195 e. The average Bonchev–Trinajstić information content (AvgIpc) is 2.92. The molecule has 23 heavy (non-hydrogen) atoms. The number of nitriles is 1. The van der Waals surface area contributed by atoms with Crippen molar-refractivity contribution in [2.45, 2.75) is 25.7 Å². The minimum Gasteiger partial charge on any atom is -0.289 e. The number of hydrogen-bond donors (Lipinski definition) is 0. The summed E-state index contributed by atoms with van der Waals surface area (Å²) in [5.41, 5.74) is 4.86. The highest BCUT2D eigenvalue weighted by atomic mass is 79.9. The van der Waals surface area contributed by atoms with Crippen LogP contribution in [-0.4, -0.2) is 11.5 Å². The molecule has 1 radical (unpaired) electrons. The summed E-state index contributed by atoms with van der Waals surface area (Å²) in [6.07, 6.45) is 4.69. The highest BCUT2D eigenvalue weighted by molar-refractivity contribution is 9.11. The van der Waals surface area contributed by atoms with Crippen LogP contribution in [0.5, 0.6) is 0 Å². The van der Waals surface area contributed by atoms with Crippen molar-refractivity contribution in [2.24, 2.45) is 4.99 Å². The number of hydrogen-bond acceptors (Lipinski definition) is 3. The zero-order chi connectivity index (χ0) is 16.4. The molecule has 0 amide bonds. The molecule has 0 bridgehead atoms.